The molecular weight excluding hydrogens is 230 g/mol. The highest BCUT2D eigenvalue weighted by Gasteiger charge is 2.17. The molecule has 1 unspecified atom stereocenters. The Morgan fingerprint density at radius 3 is 1.95 bits per heavy atom. The van der Waals surface area contributed by atoms with E-state index in [0.717, 1.165) is 6.54 Å². The Morgan fingerprint density at radius 2 is 1.53 bits per heavy atom. The summed E-state index contributed by atoms with van der Waals surface area (Å²) in [4.78, 5) is 0. The standard InChI is InChI=1S/C18H31N/c1-8-18(6,7)13-19-14(2)15-9-11-16(12-10-15)17(3,4)5/h9-12,14,19H,8,13H2,1-7H3. The summed E-state index contributed by atoms with van der Waals surface area (Å²) >= 11 is 0. The van der Waals surface area contributed by atoms with Crippen LogP contribution in [0.15, 0.2) is 24.3 Å². The minimum Gasteiger partial charge on any atom is -0.310 e. The molecule has 0 fully saturated rings. The summed E-state index contributed by atoms with van der Waals surface area (Å²) in [6, 6.07) is 9.46. The first-order valence-electron chi connectivity index (χ1n) is 7.49. The van der Waals surface area contributed by atoms with Gasteiger partial charge in [0.05, 0.1) is 0 Å². The lowest BCUT2D eigenvalue weighted by Crippen LogP contribution is -2.30. The van der Waals surface area contributed by atoms with E-state index in [1.807, 2.05) is 0 Å². The third kappa shape index (κ3) is 4.99. The fraction of sp³-hybridized carbons (Fsp3) is 0.667. The van der Waals surface area contributed by atoms with Crippen molar-refractivity contribution in [1.29, 1.82) is 0 Å². The number of nitrogens with one attached hydrogen (secondary N) is 1. The fourth-order valence-electron chi connectivity index (χ4n) is 1.94. The first-order valence-corrected chi connectivity index (χ1v) is 7.49. The molecule has 1 atom stereocenters. The van der Waals surface area contributed by atoms with Crippen LogP contribution in [0.25, 0.3) is 0 Å². The van der Waals surface area contributed by atoms with Crippen LogP contribution in [0, 0.1) is 5.41 Å². The average Bonchev–Trinajstić information content (AvgIpc) is 2.35. The van der Waals surface area contributed by atoms with Gasteiger partial charge in [-0.3, -0.25) is 0 Å². The molecule has 1 heteroatoms. The van der Waals surface area contributed by atoms with Crippen LogP contribution >= 0.6 is 0 Å². The maximum atomic E-state index is 3.65. The van der Waals surface area contributed by atoms with Crippen molar-refractivity contribution in [3.05, 3.63) is 35.4 Å². The van der Waals surface area contributed by atoms with Crippen LogP contribution < -0.4 is 5.32 Å². The van der Waals surface area contributed by atoms with Gasteiger partial charge in [0.1, 0.15) is 0 Å². The van der Waals surface area contributed by atoms with Crippen molar-refractivity contribution in [2.75, 3.05) is 6.54 Å². The first-order chi connectivity index (χ1) is 8.65. The molecule has 1 N–H and O–H groups in total. The van der Waals surface area contributed by atoms with Gasteiger partial charge in [-0.25, -0.2) is 0 Å². The molecule has 0 aromatic heterocycles. The predicted molar refractivity (Wildman–Crippen MR) is 85.6 cm³/mol. The van der Waals surface area contributed by atoms with Crippen LogP contribution in [-0.4, -0.2) is 6.54 Å². The van der Waals surface area contributed by atoms with E-state index in [9.17, 15) is 0 Å². The van der Waals surface area contributed by atoms with Crippen LogP contribution in [0.2, 0.25) is 0 Å². The van der Waals surface area contributed by atoms with E-state index in [2.05, 4.69) is 78.0 Å². The third-order valence-electron chi connectivity index (χ3n) is 4.12. The molecule has 0 amide bonds. The first kappa shape index (κ1) is 16.2. The van der Waals surface area contributed by atoms with Crippen molar-refractivity contribution >= 4 is 0 Å². The van der Waals surface area contributed by atoms with Crippen LogP contribution in [0.3, 0.4) is 0 Å². The highest BCUT2D eigenvalue weighted by Crippen LogP contribution is 2.25. The maximum Gasteiger partial charge on any atom is 0.0292 e. The Balaban J connectivity index is 2.66. The Morgan fingerprint density at radius 1 is 1.00 bits per heavy atom. The normalized spacial score (nSPS) is 14.5. The molecule has 108 valence electrons. The lowest BCUT2D eigenvalue weighted by molar-refractivity contribution is 0.314. The van der Waals surface area contributed by atoms with Gasteiger partial charge in [-0.15, -0.1) is 0 Å². The molecule has 0 saturated heterocycles. The summed E-state index contributed by atoms with van der Waals surface area (Å²) in [5.41, 5.74) is 3.39. The molecule has 0 bridgehead atoms. The third-order valence-corrected chi connectivity index (χ3v) is 4.12. The van der Waals surface area contributed by atoms with Gasteiger partial charge in [-0.05, 0) is 35.3 Å². The summed E-state index contributed by atoms with van der Waals surface area (Å²) in [6.45, 7) is 17.0. The van der Waals surface area contributed by atoms with E-state index in [1.54, 1.807) is 0 Å². The molecule has 19 heavy (non-hydrogen) atoms. The summed E-state index contributed by atoms with van der Waals surface area (Å²) in [6.07, 6.45) is 1.20. The van der Waals surface area contributed by atoms with Gasteiger partial charge in [0.15, 0.2) is 0 Å². The number of hydrogen-bond acceptors (Lipinski definition) is 1. The molecule has 1 nitrogen and oxygen atoms in total. The molecule has 0 heterocycles. The van der Waals surface area contributed by atoms with Crippen LogP contribution in [0.4, 0.5) is 0 Å². The fourth-order valence-corrected chi connectivity index (χ4v) is 1.94. The lowest BCUT2D eigenvalue weighted by atomic mass is 9.86. The monoisotopic (exact) mass is 261 g/mol. The molecule has 1 aromatic rings. The van der Waals surface area contributed by atoms with Gasteiger partial charge in [0.25, 0.3) is 0 Å². The van der Waals surface area contributed by atoms with E-state index in [4.69, 9.17) is 0 Å². The largest absolute Gasteiger partial charge is 0.310 e. The molecule has 0 saturated carbocycles. The molecule has 0 aliphatic rings. The lowest BCUT2D eigenvalue weighted by Gasteiger charge is -2.26. The number of hydrogen-bond donors (Lipinski definition) is 1. The van der Waals surface area contributed by atoms with Gasteiger partial charge in [0.2, 0.25) is 0 Å². The van der Waals surface area contributed by atoms with Gasteiger partial charge in [-0.2, -0.15) is 0 Å². The van der Waals surface area contributed by atoms with Gasteiger partial charge in [-0.1, -0.05) is 65.8 Å². The highest BCUT2D eigenvalue weighted by molar-refractivity contribution is 5.29. The van der Waals surface area contributed by atoms with Crippen molar-refractivity contribution in [1.82, 2.24) is 5.32 Å². The van der Waals surface area contributed by atoms with E-state index in [0.29, 0.717) is 11.5 Å². The molecule has 0 aliphatic carbocycles. The van der Waals surface area contributed by atoms with E-state index in [1.165, 1.54) is 17.5 Å². The van der Waals surface area contributed by atoms with Crippen molar-refractivity contribution in [3.63, 3.8) is 0 Å². The Kier molecular flexibility index (Phi) is 5.20. The second-order valence-electron chi connectivity index (χ2n) is 7.49. The molecular formula is C18H31N. The van der Waals surface area contributed by atoms with Crippen LogP contribution in [-0.2, 0) is 5.41 Å². The van der Waals surface area contributed by atoms with E-state index < -0.39 is 0 Å². The molecule has 1 aromatic carbocycles. The van der Waals surface area contributed by atoms with Crippen molar-refractivity contribution in [2.24, 2.45) is 5.41 Å². The maximum absolute atomic E-state index is 3.65. The molecule has 0 spiro atoms. The molecule has 1 rings (SSSR count). The summed E-state index contributed by atoms with van der Waals surface area (Å²) < 4.78 is 0. The Hall–Kier alpha value is -0.820. The van der Waals surface area contributed by atoms with Crippen molar-refractivity contribution in [2.45, 2.75) is 66.3 Å². The average molecular weight is 261 g/mol. The van der Waals surface area contributed by atoms with Gasteiger partial charge in [0, 0.05) is 12.6 Å². The topological polar surface area (TPSA) is 12.0 Å². The SMILES string of the molecule is CCC(C)(C)CNC(C)c1ccc(C(C)(C)C)cc1. The van der Waals surface area contributed by atoms with Crippen molar-refractivity contribution in [3.8, 4) is 0 Å². The quantitative estimate of drug-likeness (QED) is 0.780. The summed E-state index contributed by atoms with van der Waals surface area (Å²) in [5.74, 6) is 0. The minimum atomic E-state index is 0.236. The minimum absolute atomic E-state index is 0.236. The number of benzene rings is 1. The smallest absolute Gasteiger partial charge is 0.0292 e. The zero-order valence-corrected chi connectivity index (χ0v) is 13.8. The van der Waals surface area contributed by atoms with E-state index >= 15 is 0 Å². The highest BCUT2D eigenvalue weighted by atomic mass is 14.9. The van der Waals surface area contributed by atoms with Crippen LogP contribution in [0.5, 0.6) is 0 Å². The zero-order valence-electron chi connectivity index (χ0n) is 13.8. The van der Waals surface area contributed by atoms with Gasteiger partial charge < -0.3 is 5.32 Å². The Labute approximate surface area is 119 Å². The summed E-state index contributed by atoms with van der Waals surface area (Å²) in [5, 5.41) is 3.65. The second-order valence-corrected chi connectivity index (χ2v) is 7.49. The zero-order chi connectivity index (χ0) is 14.7. The second kappa shape index (κ2) is 6.09. The Bertz CT molecular complexity index is 381. The number of rotatable bonds is 5. The van der Waals surface area contributed by atoms with Gasteiger partial charge >= 0.3 is 0 Å². The van der Waals surface area contributed by atoms with E-state index in [-0.39, 0.29) is 5.41 Å². The predicted octanol–water partition coefficient (Wildman–Crippen LogP) is 5.07. The summed E-state index contributed by atoms with van der Waals surface area (Å²) in [7, 11) is 0. The molecule has 0 radical (unpaired) electrons. The van der Waals surface area contributed by atoms with Crippen LogP contribution in [0.1, 0.15) is 72.1 Å². The van der Waals surface area contributed by atoms with Crippen molar-refractivity contribution < 1.29 is 0 Å². The molecule has 0 aliphatic heterocycles.